The molecule has 0 saturated carbocycles. The van der Waals surface area contributed by atoms with Crippen LogP contribution in [0.1, 0.15) is 11.1 Å². The third kappa shape index (κ3) is 2.43. The molecule has 1 heterocycles. The lowest BCUT2D eigenvalue weighted by atomic mass is 10.1. The first-order valence-corrected chi connectivity index (χ1v) is 8.15. The largest absolute Gasteiger partial charge is 0.236 e. The summed E-state index contributed by atoms with van der Waals surface area (Å²) in [5.41, 5.74) is 2.63. The Morgan fingerprint density at radius 3 is 2.29 bits per heavy atom. The Morgan fingerprint density at radius 1 is 0.905 bits per heavy atom. The van der Waals surface area contributed by atoms with Crippen LogP contribution in [0.15, 0.2) is 64.5 Å². The van der Waals surface area contributed by atoms with E-state index in [4.69, 9.17) is 0 Å². The van der Waals surface area contributed by atoms with Crippen molar-refractivity contribution in [2.24, 2.45) is 0 Å². The molecule has 0 amide bonds. The number of rotatable bonds is 2. The molecular formula is C17H15NO2S. The smallest absolute Gasteiger partial charge is 0.223 e. The highest BCUT2D eigenvalue weighted by Gasteiger charge is 2.20. The summed E-state index contributed by atoms with van der Waals surface area (Å²) >= 11 is 0. The average molecular weight is 297 g/mol. The van der Waals surface area contributed by atoms with Gasteiger partial charge in [0, 0.05) is 5.39 Å². The second kappa shape index (κ2) is 4.97. The number of sulfone groups is 1. The van der Waals surface area contributed by atoms with Crippen LogP contribution in [0.3, 0.4) is 0 Å². The molecule has 1 aromatic heterocycles. The summed E-state index contributed by atoms with van der Waals surface area (Å²) in [6.45, 7) is 3.83. The van der Waals surface area contributed by atoms with Crippen molar-refractivity contribution in [2.45, 2.75) is 23.8 Å². The normalized spacial score (nSPS) is 11.7. The van der Waals surface area contributed by atoms with E-state index in [2.05, 4.69) is 4.98 Å². The van der Waals surface area contributed by atoms with Gasteiger partial charge in [-0.3, -0.25) is 0 Å². The van der Waals surface area contributed by atoms with E-state index >= 15 is 0 Å². The van der Waals surface area contributed by atoms with Crippen molar-refractivity contribution in [3.63, 3.8) is 0 Å². The highest BCUT2D eigenvalue weighted by molar-refractivity contribution is 7.91. The second-order valence-electron chi connectivity index (χ2n) is 5.11. The Labute approximate surface area is 124 Å². The minimum Gasteiger partial charge on any atom is -0.236 e. The molecule has 3 aromatic rings. The number of nitrogens with zero attached hydrogens (tertiary/aromatic N) is 1. The van der Waals surface area contributed by atoms with Crippen molar-refractivity contribution in [3.8, 4) is 0 Å². The zero-order valence-corrected chi connectivity index (χ0v) is 12.7. The lowest BCUT2D eigenvalue weighted by molar-refractivity contribution is 0.592. The standard InChI is InChI=1S/C17H15NO2S/c1-12-7-9-14(10-8-12)21(19,20)17-11-13(2)15-5-3-4-6-16(15)18-17/h3-11H,1-2H3. The number of hydrogen-bond acceptors (Lipinski definition) is 3. The van der Waals surface area contributed by atoms with Crippen molar-refractivity contribution < 1.29 is 8.42 Å². The molecule has 21 heavy (non-hydrogen) atoms. The van der Waals surface area contributed by atoms with Crippen LogP contribution in [-0.4, -0.2) is 13.4 Å². The maximum atomic E-state index is 12.7. The Kier molecular flexibility index (Phi) is 3.26. The quantitative estimate of drug-likeness (QED) is 0.725. The fraction of sp³-hybridized carbons (Fsp3) is 0.118. The predicted molar refractivity (Wildman–Crippen MR) is 83.1 cm³/mol. The molecule has 2 aromatic carbocycles. The lowest BCUT2D eigenvalue weighted by Gasteiger charge is -2.08. The average Bonchev–Trinajstić information content (AvgIpc) is 2.47. The minimum absolute atomic E-state index is 0.0996. The highest BCUT2D eigenvalue weighted by atomic mass is 32.2. The van der Waals surface area contributed by atoms with E-state index < -0.39 is 9.84 Å². The van der Waals surface area contributed by atoms with Crippen LogP contribution in [0, 0.1) is 13.8 Å². The molecule has 3 nitrogen and oxygen atoms in total. The summed E-state index contributed by atoms with van der Waals surface area (Å²) in [6, 6.07) is 16.0. The van der Waals surface area contributed by atoms with E-state index in [1.54, 1.807) is 30.3 Å². The second-order valence-corrected chi connectivity index (χ2v) is 7.01. The lowest BCUT2D eigenvalue weighted by Crippen LogP contribution is -2.05. The van der Waals surface area contributed by atoms with Crippen LogP contribution in [0.2, 0.25) is 0 Å². The van der Waals surface area contributed by atoms with Crippen LogP contribution in [-0.2, 0) is 9.84 Å². The Bertz CT molecular complexity index is 913. The van der Waals surface area contributed by atoms with Gasteiger partial charge in [-0.25, -0.2) is 13.4 Å². The minimum atomic E-state index is -3.58. The van der Waals surface area contributed by atoms with Crippen LogP contribution < -0.4 is 0 Å². The third-order valence-electron chi connectivity index (χ3n) is 3.51. The van der Waals surface area contributed by atoms with E-state index in [0.29, 0.717) is 5.52 Å². The molecule has 0 N–H and O–H groups in total. The topological polar surface area (TPSA) is 47.0 Å². The summed E-state index contributed by atoms with van der Waals surface area (Å²) in [4.78, 5) is 4.59. The zero-order valence-electron chi connectivity index (χ0n) is 11.9. The first kappa shape index (κ1) is 13.8. The maximum absolute atomic E-state index is 12.7. The van der Waals surface area contributed by atoms with Gasteiger partial charge in [-0.1, -0.05) is 35.9 Å². The molecule has 0 bridgehead atoms. The molecule has 0 saturated heterocycles. The number of hydrogen-bond donors (Lipinski definition) is 0. The fourth-order valence-electron chi connectivity index (χ4n) is 2.29. The van der Waals surface area contributed by atoms with Gasteiger partial charge in [0.25, 0.3) is 0 Å². The fourth-order valence-corrected chi connectivity index (χ4v) is 3.58. The molecule has 0 aliphatic carbocycles. The molecule has 0 unspecified atom stereocenters. The summed E-state index contributed by atoms with van der Waals surface area (Å²) < 4.78 is 25.4. The predicted octanol–water partition coefficient (Wildman–Crippen LogP) is 3.68. The third-order valence-corrected chi connectivity index (χ3v) is 5.16. The molecular weight excluding hydrogens is 282 g/mol. The van der Waals surface area contributed by atoms with E-state index in [1.807, 2.05) is 38.1 Å². The number of aromatic nitrogens is 1. The number of para-hydroxylation sites is 1. The molecule has 0 aliphatic heterocycles. The summed E-state index contributed by atoms with van der Waals surface area (Å²) in [6.07, 6.45) is 0. The molecule has 0 radical (unpaired) electrons. The van der Waals surface area contributed by atoms with Crippen LogP contribution in [0.25, 0.3) is 10.9 Å². The molecule has 0 atom stereocenters. The van der Waals surface area contributed by atoms with Crippen molar-refractivity contribution in [3.05, 3.63) is 65.7 Å². The number of pyridine rings is 1. The summed E-state index contributed by atoms with van der Waals surface area (Å²) in [7, 11) is -3.58. The van der Waals surface area contributed by atoms with E-state index in [1.165, 1.54) is 0 Å². The van der Waals surface area contributed by atoms with Gasteiger partial charge in [-0.2, -0.15) is 0 Å². The molecule has 0 aliphatic rings. The van der Waals surface area contributed by atoms with Gasteiger partial charge in [0.2, 0.25) is 9.84 Å². The van der Waals surface area contributed by atoms with Crippen molar-refractivity contribution in [1.29, 1.82) is 0 Å². The van der Waals surface area contributed by atoms with E-state index in [0.717, 1.165) is 16.5 Å². The van der Waals surface area contributed by atoms with E-state index in [-0.39, 0.29) is 9.92 Å². The van der Waals surface area contributed by atoms with Gasteiger partial charge in [-0.05, 0) is 43.7 Å². The van der Waals surface area contributed by atoms with Crippen LogP contribution >= 0.6 is 0 Å². The number of fused-ring (bicyclic) bond motifs is 1. The Balaban J connectivity index is 2.21. The molecule has 0 spiro atoms. The monoisotopic (exact) mass is 297 g/mol. The first-order valence-electron chi connectivity index (χ1n) is 6.66. The molecule has 106 valence electrons. The summed E-state index contributed by atoms with van der Waals surface area (Å²) in [5, 5.41) is 1.07. The van der Waals surface area contributed by atoms with Gasteiger partial charge >= 0.3 is 0 Å². The van der Waals surface area contributed by atoms with Gasteiger partial charge in [-0.15, -0.1) is 0 Å². The summed E-state index contributed by atoms with van der Waals surface area (Å²) in [5.74, 6) is 0. The van der Waals surface area contributed by atoms with Gasteiger partial charge in [0.1, 0.15) is 0 Å². The highest BCUT2D eigenvalue weighted by Crippen LogP contribution is 2.24. The van der Waals surface area contributed by atoms with Crippen molar-refractivity contribution >= 4 is 20.7 Å². The maximum Gasteiger partial charge on any atom is 0.223 e. The Hall–Kier alpha value is -2.20. The van der Waals surface area contributed by atoms with Gasteiger partial charge in [0.05, 0.1) is 10.4 Å². The van der Waals surface area contributed by atoms with Gasteiger partial charge in [0.15, 0.2) is 5.03 Å². The first-order chi connectivity index (χ1) is 9.98. The van der Waals surface area contributed by atoms with Crippen molar-refractivity contribution in [1.82, 2.24) is 4.98 Å². The molecule has 3 rings (SSSR count). The van der Waals surface area contributed by atoms with Crippen LogP contribution in [0.5, 0.6) is 0 Å². The van der Waals surface area contributed by atoms with E-state index in [9.17, 15) is 8.42 Å². The SMILES string of the molecule is Cc1ccc(S(=O)(=O)c2cc(C)c3ccccc3n2)cc1. The molecule has 0 fully saturated rings. The molecule has 4 heteroatoms. The number of aryl methyl sites for hydroxylation is 2. The van der Waals surface area contributed by atoms with Crippen LogP contribution in [0.4, 0.5) is 0 Å². The van der Waals surface area contributed by atoms with Gasteiger partial charge < -0.3 is 0 Å². The Morgan fingerprint density at radius 2 is 1.57 bits per heavy atom. The zero-order chi connectivity index (χ0) is 15.0. The number of benzene rings is 2. The van der Waals surface area contributed by atoms with Crippen molar-refractivity contribution in [2.75, 3.05) is 0 Å².